The summed E-state index contributed by atoms with van der Waals surface area (Å²) in [7, 11) is 0. The van der Waals surface area contributed by atoms with E-state index in [0.29, 0.717) is 22.0 Å². The van der Waals surface area contributed by atoms with Crippen molar-refractivity contribution in [3.8, 4) is 22.3 Å². The summed E-state index contributed by atoms with van der Waals surface area (Å²) < 4.78 is 27.1. The molecule has 2 N–H and O–H groups in total. The number of hydrogen-bond acceptors (Lipinski definition) is 9. The van der Waals surface area contributed by atoms with Crippen molar-refractivity contribution < 1.29 is 33.0 Å². The van der Waals surface area contributed by atoms with Crippen molar-refractivity contribution in [2.75, 3.05) is 65.6 Å². The number of amides is 4. The zero-order valence-corrected chi connectivity index (χ0v) is 43.4. The van der Waals surface area contributed by atoms with Crippen molar-refractivity contribution in [3.05, 3.63) is 189 Å². The van der Waals surface area contributed by atoms with Crippen LogP contribution >= 0.6 is 0 Å². The van der Waals surface area contributed by atoms with Crippen LogP contribution in [0, 0.1) is 5.82 Å². The minimum atomic E-state index is -0.683. The van der Waals surface area contributed by atoms with E-state index >= 15 is 4.39 Å². The van der Waals surface area contributed by atoms with E-state index < -0.39 is 17.8 Å². The molecule has 0 bridgehead atoms. The number of H-pyrrole nitrogens is 1. The maximum absolute atomic E-state index is 15.3. The van der Waals surface area contributed by atoms with Crippen LogP contribution in [0.1, 0.15) is 95.8 Å². The lowest BCUT2D eigenvalue weighted by molar-refractivity contribution is -0.133. The van der Waals surface area contributed by atoms with Crippen LogP contribution in [0.15, 0.2) is 138 Å². The lowest BCUT2D eigenvalue weighted by atomic mass is 9.98. The number of halogens is 1. The van der Waals surface area contributed by atoms with E-state index in [9.17, 15) is 24.0 Å². The van der Waals surface area contributed by atoms with Gasteiger partial charge in [0, 0.05) is 68.8 Å². The molecule has 0 unspecified atom stereocenters. The van der Waals surface area contributed by atoms with E-state index in [-0.39, 0.29) is 107 Å². The van der Waals surface area contributed by atoms with Gasteiger partial charge in [0.2, 0.25) is 5.91 Å². The fourth-order valence-corrected chi connectivity index (χ4v) is 9.13. The first kappa shape index (κ1) is 54.7. The summed E-state index contributed by atoms with van der Waals surface area (Å²) in [5, 5.41) is 10.7. The zero-order chi connectivity index (χ0) is 53.3. The molecule has 15 heteroatoms. The van der Waals surface area contributed by atoms with E-state index in [4.69, 9.17) is 9.47 Å². The van der Waals surface area contributed by atoms with Gasteiger partial charge in [-0.25, -0.2) is 14.3 Å². The monoisotopic (exact) mass is 1020 g/mol. The molecule has 9 rings (SSSR count). The molecule has 4 amide bonds. The molecule has 2 aliphatic rings. The summed E-state index contributed by atoms with van der Waals surface area (Å²) in [6.45, 7) is 11.1. The van der Waals surface area contributed by atoms with Gasteiger partial charge in [0.05, 0.1) is 29.9 Å². The fourth-order valence-electron chi connectivity index (χ4n) is 9.13. The molecule has 14 nitrogen and oxygen atoms in total. The number of pyridine rings is 1. The molecule has 3 heterocycles. The Hall–Kier alpha value is -8.04. The number of nitrogens with one attached hydrogen (secondary N) is 2. The summed E-state index contributed by atoms with van der Waals surface area (Å²) in [6.07, 6.45) is 3.42. The minimum absolute atomic E-state index is 0.0249. The highest BCUT2D eigenvalue weighted by Gasteiger charge is 2.32. The second-order valence-electron chi connectivity index (χ2n) is 18.0. The standard InChI is InChI=1S/C55H52FN7O7.C3H8.C2H6/c1-2-36-10-9-11-38(30-36)39-19-21-49(58-33-39)53(66)57-22-28-69-29-27-63(55(68)70-35-47-42-14-5-3-12-40(42)41-13-4-6-15-43(41)47)34-51(64)61-23-25-62(26-24-61)54(67)46-31-37(18-20-48(46)56)32-50-44-16-7-8-17-45(44)52(65)60-59-50;1-3-2;1-2/h3-21,30-31,33,47H,2,22-29,32,34-35H2,1H3,(H,57,66)(H,60,65);3H2,1-2H3;1-2H3. The third-order valence-corrected chi connectivity index (χ3v) is 12.9. The van der Waals surface area contributed by atoms with Crippen LogP contribution in [0.5, 0.6) is 0 Å². The molecule has 390 valence electrons. The molecule has 0 radical (unpaired) electrons. The summed E-state index contributed by atoms with van der Waals surface area (Å²) >= 11 is 0. The van der Waals surface area contributed by atoms with Crippen LogP contribution in [0.2, 0.25) is 0 Å². The number of ether oxygens (including phenoxy) is 2. The first-order valence-electron chi connectivity index (χ1n) is 25.9. The maximum atomic E-state index is 15.3. The van der Waals surface area contributed by atoms with Crippen LogP contribution in [0.4, 0.5) is 9.18 Å². The molecular weight excluding hydrogens is 950 g/mol. The highest BCUT2D eigenvalue weighted by Crippen LogP contribution is 2.44. The quantitative estimate of drug-likeness (QED) is 0.0896. The van der Waals surface area contributed by atoms with Crippen LogP contribution in [0.25, 0.3) is 33.0 Å². The first-order valence-corrected chi connectivity index (χ1v) is 25.9. The molecule has 1 aliphatic heterocycles. The fraction of sp³-hybridized carbons (Fsp3) is 0.317. The summed E-state index contributed by atoms with van der Waals surface area (Å²) in [5.74, 6) is -2.08. The number of aromatic amines is 1. The third-order valence-electron chi connectivity index (χ3n) is 12.9. The average Bonchev–Trinajstić information content (AvgIpc) is 3.78. The van der Waals surface area contributed by atoms with E-state index in [2.05, 4.69) is 65.5 Å². The van der Waals surface area contributed by atoms with Gasteiger partial charge in [0.1, 0.15) is 24.7 Å². The summed E-state index contributed by atoms with van der Waals surface area (Å²) in [6, 6.07) is 39.2. The van der Waals surface area contributed by atoms with Crippen molar-refractivity contribution in [3.63, 3.8) is 0 Å². The third kappa shape index (κ3) is 13.6. The van der Waals surface area contributed by atoms with Crippen LogP contribution in [-0.4, -0.2) is 119 Å². The van der Waals surface area contributed by atoms with Crippen molar-refractivity contribution in [1.29, 1.82) is 0 Å². The molecule has 0 atom stereocenters. The van der Waals surface area contributed by atoms with Gasteiger partial charge < -0.3 is 24.6 Å². The Labute approximate surface area is 437 Å². The van der Waals surface area contributed by atoms with Crippen molar-refractivity contribution >= 4 is 34.6 Å². The van der Waals surface area contributed by atoms with Gasteiger partial charge in [-0.2, -0.15) is 5.10 Å². The van der Waals surface area contributed by atoms with E-state index in [1.807, 2.05) is 74.5 Å². The Morgan fingerprint density at radius 1 is 0.747 bits per heavy atom. The topological polar surface area (TPSA) is 167 Å². The molecule has 1 aliphatic carbocycles. The molecule has 0 saturated carbocycles. The van der Waals surface area contributed by atoms with E-state index in [1.54, 1.807) is 41.4 Å². The first-order chi connectivity index (χ1) is 36.6. The normalized spacial score (nSPS) is 12.6. The number of carbonyl (C=O) groups excluding carboxylic acids is 4. The van der Waals surface area contributed by atoms with Crippen LogP contribution in [0.3, 0.4) is 0 Å². The van der Waals surface area contributed by atoms with E-state index in [0.717, 1.165) is 39.8 Å². The number of fused-ring (bicyclic) bond motifs is 4. The van der Waals surface area contributed by atoms with Gasteiger partial charge >= 0.3 is 6.09 Å². The Bertz CT molecular complexity index is 3090. The van der Waals surface area contributed by atoms with Gasteiger partial charge in [0.15, 0.2) is 0 Å². The molecule has 75 heavy (non-hydrogen) atoms. The Kier molecular flexibility index (Phi) is 19.5. The molecule has 0 spiro atoms. The highest BCUT2D eigenvalue weighted by molar-refractivity contribution is 5.95. The highest BCUT2D eigenvalue weighted by atomic mass is 19.1. The average molecular weight is 1020 g/mol. The molecular formula is C60H66FN7O7. The zero-order valence-electron chi connectivity index (χ0n) is 43.4. The molecule has 7 aromatic rings. The molecule has 1 fully saturated rings. The second-order valence-corrected chi connectivity index (χ2v) is 18.0. The smallest absolute Gasteiger partial charge is 0.410 e. The SMILES string of the molecule is CC.CCC.CCc1cccc(-c2ccc(C(=O)NCCOCCN(CC(=O)N3CCN(C(=O)c4cc(Cc5n[nH]c(=O)c6ccccc56)ccc4F)CC3)C(=O)OCC3c4ccccc4-c4ccccc43)nc2)c1. The van der Waals surface area contributed by atoms with Crippen molar-refractivity contribution in [1.82, 2.24) is 35.2 Å². The van der Waals surface area contributed by atoms with E-state index in [1.165, 1.54) is 33.9 Å². The lowest BCUT2D eigenvalue weighted by Crippen LogP contribution is -2.53. The lowest BCUT2D eigenvalue weighted by Gasteiger charge is -2.36. The number of hydrogen-bond donors (Lipinski definition) is 2. The molecule has 1 saturated heterocycles. The number of carbonyl (C=O) groups is 4. The number of nitrogens with zero attached hydrogens (tertiary/aromatic N) is 5. The predicted molar refractivity (Wildman–Crippen MR) is 290 cm³/mol. The minimum Gasteiger partial charge on any atom is -0.448 e. The maximum Gasteiger partial charge on any atom is 0.410 e. The number of aromatic nitrogens is 3. The van der Waals surface area contributed by atoms with Crippen molar-refractivity contribution in [2.45, 2.75) is 59.8 Å². The van der Waals surface area contributed by atoms with Crippen LogP contribution < -0.4 is 10.9 Å². The number of rotatable bonds is 16. The number of aryl methyl sites for hydroxylation is 1. The Morgan fingerprint density at radius 2 is 1.41 bits per heavy atom. The van der Waals surface area contributed by atoms with Crippen molar-refractivity contribution in [2.24, 2.45) is 0 Å². The van der Waals surface area contributed by atoms with Gasteiger partial charge in [-0.05, 0) is 69.6 Å². The molecule has 5 aromatic carbocycles. The van der Waals surface area contributed by atoms with Gasteiger partial charge in [-0.3, -0.25) is 29.1 Å². The second kappa shape index (κ2) is 26.8. The van der Waals surface area contributed by atoms with Gasteiger partial charge in [-0.15, -0.1) is 0 Å². The summed E-state index contributed by atoms with van der Waals surface area (Å²) in [5.41, 5.74) is 8.50. The predicted octanol–water partition coefficient (Wildman–Crippen LogP) is 9.70. The Morgan fingerprint density at radius 3 is 2.09 bits per heavy atom. The van der Waals surface area contributed by atoms with Gasteiger partial charge in [0.25, 0.3) is 17.4 Å². The number of piperazine rings is 1. The number of benzene rings is 5. The van der Waals surface area contributed by atoms with Gasteiger partial charge in [-0.1, -0.05) is 144 Å². The Balaban J connectivity index is 0.00000158. The largest absolute Gasteiger partial charge is 0.448 e. The molecule has 2 aromatic heterocycles. The summed E-state index contributed by atoms with van der Waals surface area (Å²) in [4.78, 5) is 75.6. The van der Waals surface area contributed by atoms with Crippen LogP contribution in [-0.2, 0) is 27.1 Å².